The standard InChI is InChI=1S/C15H14N4O3S/c20-12-7-19(4-3-16-12)6-11-17-14(21)13-9(8-23-15(13)18-11)10-2-1-5-22-10/h1-2,5,8H,3-4,6-7H2,(H,16,20)(H,17,18,21). The number of furan rings is 1. The smallest absolute Gasteiger partial charge is 0.260 e. The van der Waals surface area contributed by atoms with Crippen molar-refractivity contribution in [1.82, 2.24) is 20.2 Å². The maximum absolute atomic E-state index is 12.5. The van der Waals surface area contributed by atoms with Gasteiger partial charge < -0.3 is 14.7 Å². The Bertz CT molecular complexity index is 913. The second-order valence-corrected chi connectivity index (χ2v) is 6.24. The first-order chi connectivity index (χ1) is 11.2. The van der Waals surface area contributed by atoms with E-state index < -0.39 is 0 Å². The minimum Gasteiger partial charge on any atom is -0.464 e. The van der Waals surface area contributed by atoms with Gasteiger partial charge in [-0.05, 0) is 12.1 Å². The van der Waals surface area contributed by atoms with E-state index in [0.29, 0.717) is 41.4 Å². The molecule has 1 aliphatic rings. The van der Waals surface area contributed by atoms with Crippen LogP contribution in [0.5, 0.6) is 0 Å². The van der Waals surface area contributed by atoms with Crippen molar-refractivity contribution in [1.29, 1.82) is 0 Å². The molecule has 23 heavy (non-hydrogen) atoms. The van der Waals surface area contributed by atoms with Crippen LogP contribution in [0.3, 0.4) is 0 Å². The molecular formula is C15H14N4O3S. The predicted molar refractivity (Wildman–Crippen MR) is 86.2 cm³/mol. The van der Waals surface area contributed by atoms with Crippen LogP contribution < -0.4 is 10.9 Å². The van der Waals surface area contributed by atoms with E-state index in [1.165, 1.54) is 11.3 Å². The van der Waals surface area contributed by atoms with Crippen LogP contribution in [0, 0.1) is 0 Å². The van der Waals surface area contributed by atoms with Gasteiger partial charge in [-0.25, -0.2) is 4.98 Å². The summed E-state index contributed by atoms with van der Waals surface area (Å²) in [5.74, 6) is 1.23. The lowest BCUT2D eigenvalue weighted by atomic mass is 10.2. The van der Waals surface area contributed by atoms with Gasteiger partial charge in [-0.15, -0.1) is 11.3 Å². The number of nitrogens with zero attached hydrogens (tertiary/aromatic N) is 2. The third-order valence-electron chi connectivity index (χ3n) is 3.77. The first kappa shape index (κ1) is 14.2. The number of piperazine rings is 1. The van der Waals surface area contributed by atoms with Crippen LogP contribution in [0.25, 0.3) is 21.5 Å². The van der Waals surface area contributed by atoms with Crippen LogP contribution in [0.15, 0.2) is 33.0 Å². The van der Waals surface area contributed by atoms with Crippen molar-refractivity contribution < 1.29 is 9.21 Å². The second kappa shape index (κ2) is 5.64. The summed E-state index contributed by atoms with van der Waals surface area (Å²) in [6.45, 7) is 2.14. The van der Waals surface area contributed by atoms with Crippen molar-refractivity contribution in [3.63, 3.8) is 0 Å². The monoisotopic (exact) mass is 330 g/mol. The number of fused-ring (bicyclic) bond motifs is 1. The highest BCUT2D eigenvalue weighted by molar-refractivity contribution is 7.17. The second-order valence-electron chi connectivity index (χ2n) is 5.38. The van der Waals surface area contributed by atoms with Crippen molar-refractivity contribution in [2.24, 2.45) is 0 Å². The molecule has 4 rings (SSSR count). The van der Waals surface area contributed by atoms with Crippen molar-refractivity contribution in [2.75, 3.05) is 19.6 Å². The van der Waals surface area contributed by atoms with E-state index in [4.69, 9.17) is 4.42 Å². The molecule has 3 aromatic heterocycles. The van der Waals surface area contributed by atoms with Gasteiger partial charge in [-0.3, -0.25) is 14.5 Å². The van der Waals surface area contributed by atoms with Crippen LogP contribution >= 0.6 is 11.3 Å². The Morgan fingerprint density at radius 3 is 3.09 bits per heavy atom. The largest absolute Gasteiger partial charge is 0.464 e. The third kappa shape index (κ3) is 2.66. The molecule has 0 saturated carbocycles. The Hall–Kier alpha value is -2.45. The molecule has 0 spiro atoms. The molecule has 0 atom stereocenters. The molecule has 1 amide bonds. The molecule has 118 valence electrons. The molecule has 0 radical (unpaired) electrons. The van der Waals surface area contributed by atoms with Gasteiger partial charge >= 0.3 is 0 Å². The van der Waals surface area contributed by atoms with Gasteiger partial charge in [0.1, 0.15) is 16.4 Å². The first-order valence-corrected chi connectivity index (χ1v) is 8.12. The summed E-state index contributed by atoms with van der Waals surface area (Å²) in [4.78, 5) is 33.9. The average molecular weight is 330 g/mol. The van der Waals surface area contributed by atoms with Gasteiger partial charge in [0.25, 0.3) is 5.56 Å². The normalized spacial score (nSPS) is 15.9. The van der Waals surface area contributed by atoms with E-state index in [0.717, 1.165) is 12.1 Å². The van der Waals surface area contributed by atoms with Gasteiger partial charge in [-0.1, -0.05) is 0 Å². The quantitative estimate of drug-likeness (QED) is 0.752. The van der Waals surface area contributed by atoms with Gasteiger partial charge in [0.2, 0.25) is 5.91 Å². The molecule has 0 unspecified atom stereocenters. The van der Waals surface area contributed by atoms with Crippen molar-refractivity contribution in [2.45, 2.75) is 6.54 Å². The molecule has 1 fully saturated rings. The number of rotatable bonds is 3. The number of aromatic nitrogens is 2. The Labute approximate surface area is 134 Å². The minimum atomic E-state index is -0.181. The summed E-state index contributed by atoms with van der Waals surface area (Å²) in [6.07, 6.45) is 1.58. The Balaban J connectivity index is 1.68. The van der Waals surface area contributed by atoms with Crippen LogP contribution in [-0.4, -0.2) is 40.4 Å². The van der Waals surface area contributed by atoms with E-state index in [2.05, 4.69) is 15.3 Å². The summed E-state index contributed by atoms with van der Waals surface area (Å²) < 4.78 is 5.38. The zero-order chi connectivity index (χ0) is 15.8. The predicted octanol–water partition coefficient (Wildman–Crippen LogP) is 1.18. The fourth-order valence-corrected chi connectivity index (χ4v) is 3.67. The highest BCUT2D eigenvalue weighted by Gasteiger charge is 2.19. The summed E-state index contributed by atoms with van der Waals surface area (Å²) in [5.41, 5.74) is 0.576. The number of hydrogen-bond donors (Lipinski definition) is 2. The number of H-pyrrole nitrogens is 1. The number of carbonyl (C=O) groups is 1. The molecule has 1 saturated heterocycles. The Morgan fingerprint density at radius 1 is 1.39 bits per heavy atom. The van der Waals surface area contributed by atoms with Crippen LogP contribution in [-0.2, 0) is 11.3 Å². The molecule has 8 heteroatoms. The SMILES string of the molecule is O=C1CN(Cc2nc3scc(-c4ccco4)c3c(=O)[nH]2)CCN1. The molecule has 7 nitrogen and oxygen atoms in total. The fourth-order valence-electron chi connectivity index (χ4n) is 2.72. The Morgan fingerprint density at radius 2 is 2.30 bits per heavy atom. The zero-order valence-electron chi connectivity index (χ0n) is 12.2. The molecule has 0 aromatic carbocycles. The lowest BCUT2D eigenvalue weighted by Crippen LogP contribution is -2.47. The number of nitrogens with one attached hydrogen (secondary N) is 2. The maximum Gasteiger partial charge on any atom is 0.260 e. The molecule has 0 aliphatic carbocycles. The van der Waals surface area contributed by atoms with Crippen LogP contribution in [0.2, 0.25) is 0 Å². The highest BCUT2D eigenvalue weighted by atomic mass is 32.1. The summed E-state index contributed by atoms with van der Waals surface area (Å²) in [6, 6.07) is 3.61. The van der Waals surface area contributed by atoms with E-state index in [1.54, 1.807) is 12.3 Å². The molecule has 4 heterocycles. The lowest BCUT2D eigenvalue weighted by Gasteiger charge is -2.25. The van der Waals surface area contributed by atoms with E-state index in [1.807, 2.05) is 16.3 Å². The maximum atomic E-state index is 12.5. The van der Waals surface area contributed by atoms with E-state index in [-0.39, 0.29) is 11.5 Å². The van der Waals surface area contributed by atoms with Gasteiger partial charge in [-0.2, -0.15) is 0 Å². The number of amides is 1. The number of carbonyl (C=O) groups excluding carboxylic acids is 1. The van der Waals surface area contributed by atoms with Gasteiger partial charge in [0.15, 0.2) is 0 Å². The topological polar surface area (TPSA) is 91.2 Å². The minimum absolute atomic E-state index is 0.00379. The number of aromatic amines is 1. The molecule has 0 bridgehead atoms. The van der Waals surface area contributed by atoms with Crippen molar-refractivity contribution in [3.8, 4) is 11.3 Å². The third-order valence-corrected chi connectivity index (χ3v) is 4.64. The average Bonchev–Trinajstić information content (AvgIpc) is 3.15. The Kier molecular flexibility index (Phi) is 3.47. The van der Waals surface area contributed by atoms with Crippen LogP contribution in [0.4, 0.5) is 0 Å². The van der Waals surface area contributed by atoms with E-state index >= 15 is 0 Å². The highest BCUT2D eigenvalue weighted by Crippen LogP contribution is 2.30. The molecule has 2 N–H and O–H groups in total. The molecule has 1 aliphatic heterocycles. The summed E-state index contributed by atoms with van der Waals surface area (Å²) >= 11 is 1.41. The first-order valence-electron chi connectivity index (χ1n) is 7.24. The van der Waals surface area contributed by atoms with E-state index in [9.17, 15) is 9.59 Å². The van der Waals surface area contributed by atoms with Crippen molar-refractivity contribution in [3.05, 3.63) is 40.0 Å². The zero-order valence-corrected chi connectivity index (χ0v) is 13.0. The lowest BCUT2D eigenvalue weighted by molar-refractivity contribution is -0.124. The number of thiophene rings is 1. The molecular weight excluding hydrogens is 316 g/mol. The number of hydrogen-bond acceptors (Lipinski definition) is 6. The molecule has 3 aromatic rings. The van der Waals surface area contributed by atoms with Gasteiger partial charge in [0, 0.05) is 24.0 Å². The van der Waals surface area contributed by atoms with Crippen LogP contribution in [0.1, 0.15) is 5.82 Å². The van der Waals surface area contributed by atoms with Gasteiger partial charge in [0.05, 0.1) is 24.7 Å². The fraction of sp³-hybridized carbons (Fsp3) is 0.267. The summed E-state index contributed by atoms with van der Waals surface area (Å²) in [7, 11) is 0. The van der Waals surface area contributed by atoms with Crippen molar-refractivity contribution >= 4 is 27.5 Å². The summed E-state index contributed by atoms with van der Waals surface area (Å²) in [5, 5.41) is 5.20.